The number of aromatic nitrogens is 1. The molecule has 0 unspecified atom stereocenters. The predicted molar refractivity (Wildman–Crippen MR) is 109 cm³/mol. The van der Waals surface area contributed by atoms with Gasteiger partial charge in [0.25, 0.3) is 0 Å². The van der Waals surface area contributed by atoms with E-state index in [0.717, 1.165) is 46.6 Å². The number of amides is 1. The van der Waals surface area contributed by atoms with E-state index in [1.165, 1.54) is 12.0 Å². The highest BCUT2D eigenvalue weighted by Crippen LogP contribution is 2.33. The largest absolute Gasteiger partial charge is 0.283 e. The Morgan fingerprint density at radius 2 is 1.88 bits per heavy atom. The van der Waals surface area contributed by atoms with Crippen LogP contribution in [0, 0.1) is 12.8 Å². The molecule has 0 bridgehead atoms. The summed E-state index contributed by atoms with van der Waals surface area (Å²) in [6, 6.07) is 16.5. The van der Waals surface area contributed by atoms with Gasteiger partial charge in [0.15, 0.2) is 5.13 Å². The lowest BCUT2D eigenvalue weighted by atomic mass is 9.88. The van der Waals surface area contributed by atoms with Crippen LogP contribution < -0.4 is 4.90 Å². The Labute approximate surface area is 158 Å². The number of thiazole rings is 1. The average molecular weight is 365 g/mol. The smallest absolute Gasteiger partial charge is 0.232 e. The number of rotatable bonds is 4. The molecule has 0 aliphatic heterocycles. The number of benzene rings is 2. The first-order chi connectivity index (χ1) is 12.7. The topological polar surface area (TPSA) is 33.2 Å². The number of aryl methyl sites for hydroxylation is 1. The molecule has 1 saturated carbocycles. The van der Waals surface area contributed by atoms with E-state index in [1.807, 2.05) is 23.1 Å². The molecule has 1 fully saturated rings. The fraction of sp³-hybridized carbons (Fsp3) is 0.364. The third kappa shape index (κ3) is 3.65. The second kappa shape index (κ2) is 7.58. The van der Waals surface area contributed by atoms with Crippen molar-refractivity contribution < 1.29 is 4.79 Å². The molecule has 0 saturated heterocycles. The molecule has 4 rings (SSSR count). The maximum Gasteiger partial charge on any atom is 0.232 e. The van der Waals surface area contributed by atoms with E-state index >= 15 is 0 Å². The summed E-state index contributed by atoms with van der Waals surface area (Å²) < 4.78 is 1.15. The lowest BCUT2D eigenvalue weighted by Gasteiger charge is -2.27. The highest BCUT2D eigenvalue weighted by molar-refractivity contribution is 7.22. The van der Waals surface area contributed by atoms with Gasteiger partial charge in [0.1, 0.15) is 0 Å². The van der Waals surface area contributed by atoms with Crippen molar-refractivity contribution >= 4 is 32.6 Å². The standard InChI is InChI=1S/C22H24N2OS/c1-16-12-13-19-20(14-16)26-22(23-19)24(15-17-8-4-2-5-9-17)21(25)18-10-6-3-7-11-18/h2,4-5,8-9,12-14,18H,3,6-7,10-11,15H2,1H3. The van der Waals surface area contributed by atoms with Crippen LogP contribution in [-0.4, -0.2) is 10.9 Å². The SMILES string of the molecule is Cc1ccc2nc(N(Cc3ccccc3)C(=O)C3CCCCC3)sc2c1. The summed E-state index contributed by atoms with van der Waals surface area (Å²) in [6.45, 7) is 2.68. The Bertz CT molecular complexity index is 897. The maximum atomic E-state index is 13.3. The summed E-state index contributed by atoms with van der Waals surface area (Å²) in [4.78, 5) is 20.1. The molecule has 1 aliphatic rings. The molecule has 1 aromatic heterocycles. The van der Waals surface area contributed by atoms with E-state index in [2.05, 4.69) is 37.3 Å². The minimum atomic E-state index is 0.140. The molecule has 134 valence electrons. The van der Waals surface area contributed by atoms with Gasteiger partial charge in [-0.05, 0) is 43.0 Å². The number of hydrogen-bond acceptors (Lipinski definition) is 3. The molecule has 0 spiro atoms. The van der Waals surface area contributed by atoms with E-state index in [-0.39, 0.29) is 11.8 Å². The Kier molecular flexibility index (Phi) is 5.02. The number of nitrogens with zero attached hydrogens (tertiary/aromatic N) is 2. The van der Waals surface area contributed by atoms with E-state index in [1.54, 1.807) is 11.3 Å². The summed E-state index contributed by atoms with van der Waals surface area (Å²) in [7, 11) is 0. The summed E-state index contributed by atoms with van der Waals surface area (Å²) in [5.41, 5.74) is 3.35. The molecule has 3 aromatic rings. The quantitative estimate of drug-likeness (QED) is 0.593. The molecule has 1 amide bonds. The molecule has 26 heavy (non-hydrogen) atoms. The molecular formula is C22H24N2OS. The number of hydrogen-bond donors (Lipinski definition) is 0. The number of carbonyl (C=O) groups is 1. The van der Waals surface area contributed by atoms with E-state index in [9.17, 15) is 4.79 Å². The maximum absolute atomic E-state index is 13.3. The van der Waals surface area contributed by atoms with Crippen molar-refractivity contribution in [2.45, 2.75) is 45.6 Å². The molecule has 1 heterocycles. The van der Waals surface area contributed by atoms with Gasteiger partial charge in [-0.1, -0.05) is 67.0 Å². The van der Waals surface area contributed by atoms with Crippen molar-refractivity contribution in [3.05, 3.63) is 59.7 Å². The van der Waals surface area contributed by atoms with E-state index < -0.39 is 0 Å². The van der Waals surface area contributed by atoms with Crippen LogP contribution in [0.25, 0.3) is 10.2 Å². The summed E-state index contributed by atoms with van der Waals surface area (Å²) >= 11 is 1.63. The average Bonchev–Trinajstić information content (AvgIpc) is 3.10. The molecule has 4 heteroatoms. The van der Waals surface area contributed by atoms with Gasteiger partial charge in [0.2, 0.25) is 5.91 Å². The highest BCUT2D eigenvalue weighted by Gasteiger charge is 2.28. The van der Waals surface area contributed by atoms with Crippen molar-refractivity contribution in [1.82, 2.24) is 4.98 Å². The summed E-state index contributed by atoms with van der Waals surface area (Å²) in [5.74, 6) is 0.380. The van der Waals surface area contributed by atoms with Gasteiger partial charge in [-0.2, -0.15) is 0 Å². The normalized spacial score (nSPS) is 15.3. The van der Waals surface area contributed by atoms with Gasteiger partial charge >= 0.3 is 0 Å². The second-order valence-electron chi connectivity index (χ2n) is 7.21. The Balaban J connectivity index is 1.69. The third-order valence-corrected chi connectivity index (χ3v) is 6.21. The fourth-order valence-corrected chi connectivity index (χ4v) is 4.78. The summed E-state index contributed by atoms with van der Waals surface area (Å²) in [5, 5.41) is 0.824. The van der Waals surface area contributed by atoms with Crippen LogP contribution in [0.4, 0.5) is 5.13 Å². The van der Waals surface area contributed by atoms with Gasteiger partial charge in [-0.25, -0.2) is 4.98 Å². The van der Waals surface area contributed by atoms with Gasteiger partial charge in [-0.15, -0.1) is 0 Å². The Morgan fingerprint density at radius 3 is 2.65 bits per heavy atom. The van der Waals surface area contributed by atoms with Gasteiger partial charge < -0.3 is 0 Å². The molecule has 2 aromatic carbocycles. The first-order valence-electron chi connectivity index (χ1n) is 9.43. The summed E-state index contributed by atoms with van der Waals surface area (Å²) in [6.07, 6.45) is 5.59. The van der Waals surface area contributed by atoms with Crippen LogP contribution in [0.15, 0.2) is 48.5 Å². The van der Waals surface area contributed by atoms with Crippen LogP contribution in [0.2, 0.25) is 0 Å². The zero-order valence-corrected chi connectivity index (χ0v) is 16.0. The van der Waals surface area contributed by atoms with Gasteiger partial charge in [0.05, 0.1) is 16.8 Å². The molecule has 0 radical (unpaired) electrons. The zero-order valence-electron chi connectivity index (χ0n) is 15.1. The number of carbonyl (C=O) groups excluding carboxylic acids is 1. The lowest BCUT2D eigenvalue weighted by molar-refractivity contribution is -0.123. The molecule has 0 N–H and O–H groups in total. The van der Waals surface area contributed by atoms with Crippen molar-refractivity contribution in [2.75, 3.05) is 4.90 Å². The van der Waals surface area contributed by atoms with Crippen LogP contribution in [0.3, 0.4) is 0 Å². The molecule has 3 nitrogen and oxygen atoms in total. The van der Waals surface area contributed by atoms with Crippen molar-refractivity contribution in [3.8, 4) is 0 Å². The van der Waals surface area contributed by atoms with Crippen molar-refractivity contribution in [1.29, 1.82) is 0 Å². The monoisotopic (exact) mass is 364 g/mol. The lowest BCUT2D eigenvalue weighted by Crippen LogP contribution is -2.36. The second-order valence-corrected chi connectivity index (χ2v) is 8.22. The Hall–Kier alpha value is -2.20. The molecule has 1 aliphatic carbocycles. The first-order valence-corrected chi connectivity index (χ1v) is 10.2. The minimum absolute atomic E-state index is 0.140. The predicted octanol–water partition coefficient (Wildman–Crippen LogP) is 5.72. The van der Waals surface area contributed by atoms with E-state index in [4.69, 9.17) is 4.98 Å². The van der Waals surface area contributed by atoms with Gasteiger partial charge in [-0.3, -0.25) is 9.69 Å². The number of fused-ring (bicyclic) bond motifs is 1. The molecular weight excluding hydrogens is 340 g/mol. The van der Waals surface area contributed by atoms with Crippen LogP contribution >= 0.6 is 11.3 Å². The van der Waals surface area contributed by atoms with Crippen LogP contribution in [-0.2, 0) is 11.3 Å². The molecule has 0 atom stereocenters. The third-order valence-electron chi connectivity index (χ3n) is 5.17. The Morgan fingerprint density at radius 1 is 1.12 bits per heavy atom. The van der Waals surface area contributed by atoms with E-state index in [0.29, 0.717) is 6.54 Å². The zero-order chi connectivity index (χ0) is 17.9. The fourth-order valence-electron chi connectivity index (χ4n) is 3.71. The first kappa shape index (κ1) is 17.2. The number of anilines is 1. The highest BCUT2D eigenvalue weighted by atomic mass is 32.1. The van der Waals surface area contributed by atoms with Crippen LogP contribution in [0.5, 0.6) is 0 Å². The van der Waals surface area contributed by atoms with Crippen molar-refractivity contribution in [3.63, 3.8) is 0 Å². The van der Waals surface area contributed by atoms with Crippen LogP contribution in [0.1, 0.15) is 43.2 Å². The minimum Gasteiger partial charge on any atom is -0.283 e. The van der Waals surface area contributed by atoms with Crippen molar-refractivity contribution in [2.24, 2.45) is 5.92 Å². The van der Waals surface area contributed by atoms with Gasteiger partial charge in [0, 0.05) is 5.92 Å².